The summed E-state index contributed by atoms with van der Waals surface area (Å²) in [6.07, 6.45) is 0. The molecule has 3 aromatic rings. The molecule has 0 saturated heterocycles. The van der Waals surface area contributed by atoms with Gasteiger partial charge in [-0.2, -0.15) is 9.50 Å². The summed E-state index contributed by atoms with van der Waals surface area (Å²) in [7, 11) is 0. The van der Waals surface area contributed by atoms with E-state index >= 15 is 0 Å². The lowest BCUT2D eigenvalue weighted by Crippen LogP contribution is -1.92. The Bertz CT molecular complexity index is 658. The Balaban J connectivity index is 2.19. The molecule has 0 bridgehead atoms. The molecule has 2 N–H and O–H groups in total. The van der Waals surface area contributed by atoms with Crippen molar-refractivity contribution in [2.75, 3.05) is 5.73 Å². The average molecular weight is 234 g/mol. The van der Waals surface area contributed by atoms with Crippen LogP contribution < -0.4 is 5.73 Å². The number of rotatable bonds is 1. The SMILES string of the molecule is Nc1csc2nc(-c3cccc(F)c3)nn12. The third kappa shape index (κ3) is 1.35. The number of nitrogens with zero attached hydrogens (tertiary/aromatic N) is 3. The standard InChI is InChI=1S/C10H7FN4S/c11-7-3-1-2-6(4-7)9-13-10-15(14-9)8(12)5-16-10/h1-5H,12H2. The van der Waals surface area contributed by atoms with Crippen molar-refractivity contribution >= 4 is 22.1 Å². The molecular formula is C10H7FN4S. The zero-order valence-corrected chi connectivity index (χ0v) is 8.91. The van der Waals surface area contributed by atoms with E-state index in [2.05, 4.69) is 10.1 Å². The molecule has 0 amide bonds. The van der Waals surface area contributed by atoms with E-state index in [1.165, 1.54) is 23.5 Å². The Morgan fingerprint density at radius 1 is 1.38 bits per heavy atom. The van der Waals surface area contributed by atoms with E-state index in [0.717, 1.165) is 0 Å². The van der Waals surface area contributed by atoms with E-state index in [0.29, 0.717) is 22.2 Å². The molecule has 0 spiro atoms. The van der Waals surface area contributed by atoms with E-state index in [9.17, 15) is 4.39 Å². The van der Waals surface area contributed by atoms with Crippen molar-refractivity contribution in [3.05, 3.63) is 35.5 Å². The van der Waals surface area contributed by atoms with Crippen LogP contribution in [0.5, 0.6) is 0 Å². The van der Waals surface area contributed by atoms with Crippen molar-refractivity contribution < 1.29 is 4.39 Å². The lowest BCUT2D eigenvalue weighted by atomic mass is 10.2. The highest BCUT2D eigenvalue weighted by molar-refractivity contribution is 7.15. The third-order valence-electron chi connectivity index (χ3n) is 2.19. The van der Waals surface area contributed by atoms with Crippen molar-refractivity contribution in [3.63, 3.8) is 0 Å². The number of fused-ring (bicyclic) bond motifs is 1. The highest BCUT2D eigenvalue weighted by Gasteiger charge is 2.09. The number of halogens is 1. The Labute approximate surface area is 94.2 Å². The molecule has 0 aliphatic heterocycles. The molecule has 0 atom stereocenters. The summed E-state index contributed by atoms with van der Waals surface area (Å²) in [5.74, 6) is 0.719. The van der Waals surface area contributed by atoms with Crippen LogP contribution in [0.15, 0.2) is 29.6 Å². The van der Waals surface area contributed by atoms with E-state index in [-0.39, 0.29) is 5.82 Å². The molecule has 4 nitrogen and oxygen atoms in total. The van der Waals surface area contributed by atoms with E-state index in [1.807, 2.05) is 0 Å². The maximum atomic E-state index is 13.0. The van der Waals surface area contributed by atoms with E-state index in [4.69, 9.17) is 5.73 Å². The zero-order valence-electron chi connectivity index (χ0n) is 8.09. The molecule has 1 aromatic carbocycles. The monoisotopic (exact) mass is 234 g/mol. The van der Waals surface area contributed by atoms with Crippen LogP contribution >= 0.6 is 11.3 Å². The number of thiazole rings is 1. The van der Waals surface area contributed by atoms with Gasteiger partial charge in [-0.3, -0.25) is 0 Å². The number of benzene rings is 1. The van der Waals surface area contributed by atoms with Gasteiger partial charge in [-0.25, -0.2) is 4.39 Å². The topological polar surface area (TPSA) is 56.2 Å². The quantitative estimate of drug-likeness (QED) is 0.702. The predicted molar refractivity (Wildman–Crippen MR) is 60.7 cm³/mol. The zero-order chi connectivity index (χ0) is 11.1. The summed E-state index contributed by atoms with van der Waals surface area (Å²) in [5.41, 5.74) is 6.34. The van der Waals surface area contributed by atoms with Crippen LogP contribution in [0.2, 0.25) is 0 Å². The van der Waals surface area contributed by atoms with Crippen LogP contribution in [-0.2, 0) is 0 Å². The highest BCUT2D eigenvalue weighted by Crippen LogP contribution is 2.21. The van der Waals surface area contributed by atoms with Crippen LogP contribution in [0.4, 0.5) is 10.2 Å². The smallest absolute Gasteiger partial charge is 0.214 e. The first-order valence-electron chi connectivity index (χ1n) is 4.60. The molecule has 0 aliphatic rings. The number of hydrogen-bond acceptors (Lipinski definition) is 4. The molecule has 3 rings (SSSR count). The molecular weight excluding hydrogens is 227 g/mol. The van der Waals surface area contributed by atoms with Gasteiger partial charge in [-0.15, -0.1) is 16.4 Å². The van der Waals surface area contributed by atoms with Gasteiger partial charge < -0.3 is 5.73 Å². The first-order valence-corrected chi connectivity index (χ1v) is 5.48. The fraction of sp³-hybridized carbons (Fsp3) is 0. The second kappa shape index (κ2) is 3.28. The van der Waals surface area contributed by atoms with E-state index < -0.39 is 0 Å². The van der Waals surface area contributed by atoms with Crippen molar-refractivity contribution in [1.29, 1.82) is 0 Å². The van der Waals surface area contributed by atoms with Crippen LogP contribution in [-0.4, -0.2) is 14.6 Å². The van der Waals surface area contributed by atoms with Crippen LogP contribution in [0.1, 0.15) is 0 Å². The first kappa shape index (κ1) is 9.29. The van der Waals surface area contributed by atoms with Gasteiger partial charge in [0.15, 0.2) is 5.82 Å². The molecule has 6 heteroatoms. The Morgan fingerprint density at radius 3 is 3.00 bits per heavy atom. The summed E-state index contributed by atoms with van der Waals surface area (Å²) in [6.45, 7) is 0. The molecule has 80 valence electrons. The second-order valence-corrected chi connectivity index (χ2v) is 4.14. The molecule has 0 unspecified atom stereocenters. The lowest BCUT2D eigenvalue weighted by molar-refractivity contribution is 0.628. The summed E-state index contributed by atoms with van der Waals surface area (Å²) in [6, 6.07) is 6.17. The molecule has 0 fully saturated rings. The van der Waals surface area contributed by atoms with Crippen LogP contribution in [0.25, 0.3) is 16.3 Å². The van der Waals surface area contributed by atoms with Crippen molar-refractivity contribution in [2.24, 2.45) is 0 Å². The minimum atomic E-state index is -0.302. The molecule has 2 aromatic heterocycles. The lowest BCUT2D eigenvalue weighted by Gasteiger charge is -1.94. The summed E-state index contributed by atoms with van der Waals surface area (Å²) in [4.78, 5) is 4.97. The number of nitrogen functional groups attached to an aromatic ring is 1. The molecule has 2 heterocycles. The van der Waals surface area contributed by atoms with Gasteiger partial charge >= 0.3 is 0 Å². The van der Waals surface area contributed by atoms with Crippen LogP contribution in [0, 0.1) is 5.82 Å². The average Bonchev–Trinajstić information content (AvgIpc) is 2.81. The molecule has 0 aliphatic carbocycles. The van der Waals surface area contributed by atoms with Gasteiger partial charge in [0.05, 0.1) is 0 Å². The maximum absolute atomic E-state index is 13.0. The fourth-order valence-electron chi connectivity index (χ4n) is 1.46. The second-order valence-electron chi connectivity index (χ2n) is 3.30. The summed E-state index contributed by atoms with van der Waals surface area (Å²) < 4.78 is 14.6. The van der Waals surface area contributed by atoms with Gasteiger partial charge in [0.1, 0.15) is 11.6 Å². The van der Waals surface area contributed by atoms with Crippen molar-refractivity contribution in [2.45, 2.75) is 0 Å². The van der Waals surface area contributed by atoms with Gasteiger partial charge in [-0.05, 0) is 12.1 Å². The fourth-order valence-corrected chi connectivity index (χ4v) is 2.17. The first-order chi connectivity index (χ1) is 7.74. The minimum Gasteiger partial charge on any atom is -0.383 e. The van der Waals surface area contributed by atoms with Crippen molar-refractivity contribution in [3.8, 4) is 11.4 Å². The van der Waals surface area contributed by atoms with Gasteiger partial charge in [0, 0.05) is 10.9 Å². The third-order valence-corrected chi connectivity index (χ3v) is 3.02. The Morgan fingerprint density at radius 2 is 2.25 bits per heavy atom. The Kier molecular flexibility index (Phi) is 1.90. The summed E-state index contributed by atoms with van der Waals surface area (Å²) in [5, 5.41) is 5.98. The Hall–Kier alpha value is -1.95. The maximum Gasteiger partial charge on any atom is 0.214 e. The normalized spacial score (nSPS) is 11.1. The molecule has 16 heavy (non-hydrogen) atoms. The highest BCUT2D eigenvalue weighted by atomic mass is 32.1. The predicted octanol–water partition coefficient (Wildman–Crippen LogP) is 2.18. The van der Waals surface area contributed by atoms with Gasteiger partial charge in [-0.1, -0.05) is 12.1 Å². The minimum absolute atomic E-state index is 0.302. The van der Waals surface area contributed by atoms with Crippen molar-refractivity contribution in [1.82, 2.24) is 14.6 Å². The van der Waals surface area contributed by atoms with Gasteiger partial charge in [0.25, 0.3) is 0 Å². The van der Waals surface area contributed by atoms with Gasteiger partial charge in [0.2, 0.25) is 4.96 Å². The number of hydrogen-bond donors (Lipinski definition) is 1. The number of anilines is 1. The number of aromatic nitrogens is 3. The molecule has 0 radical (unpaired) electrons. The molecule has 0 saturated carbocycles. The number of nitrogens with two attached hydrogens (primary N) is 1. The summed E-state index contributed by atoms with van der Waals surface area (Å²) >= 11 is 1.40. The largest absolute Gasteiger partial charge is 0.383 e. The van der Waals surface area contributed by atoms with Crippen LogP contribution in [0.3, 0.4) is 0 Å². The van der Waals surface area contributed by atoms with E-state index in [1.54, 1.807) is 22.0 Å².